The molecule has 0 saturated carbocycles. The number of aromatic nitrogens is 2. The van der Waals surface area contributed by atoms with Crippen LogP contribution in [0.5, 0.6) is 0 Å². The van der Waals surface area contributed by atoms with Gasteiger partial charge in [-0.25, -0.2) is 0 Å². The van der Waals surface area contributed by atoms with Crippen molar-refractivity contribution >= 4 is 44.8 Å². The standard InChI is InChI=1S/C26H16F9N3O3/c27-24(28,29)11-2-4-16-13(8-11)15(10-36-16)19-20(23(41)37-22(19)40)18-14-9-12(25(30,31)32)3-5-17(14)38(6-1-7-39)21(18)26(33,34)35/h2-5,8-10,36,39H,1,6-7H2,(H,37,40,41). The summed E-state index contributed by atoms with van der Waals surface area (Å²) in [6, 6.07) is 4.13. The van der Waals surface area contributed by atoms with E-state index in [9.17, 15) is 54.2 Å². The van der Waals surface area contributed by atoms with E-state index in [4.69, 9.17) is 0 Å². The molecule has 0 radical (unpaired) electrons. The summed E-state index contributed by atoms with van der Waals surface area (Å²) in [4.78, 5) is 28.6. The highest BCUT2D eigenvalue weighted by atomic mass is 19.4. The molecule has 1 aliphatic heterocycles. The van der Waals surface area contributed by atoms with Crippen LogP contribution in [0.4, 0.5) is 39.5 Å². The quantitative estimate of drug-likeness (QED) is 0.194. The van der Waals surface area contributed by atoms with Gasteiger partial charge in [0, 0.05) is 52.3 Å². The maximum atomic E-state index is 14.6. The summed E-state index contributed by atoms with van der Waals surface area (Å²) in [7, 11) is 0. The molecule has 2 aromatic heterocycles. The zero-order valence-electron chi connectivity index (χ0n) is 20.3. The van der Waals surface area contributed by atoms with Gasteiger partial charge in [-0.1, -0.05) is 0 Å². The van der Waals surface area contributed by atoms with Crippen LogP contribution in [0, 0.1) is 0 Å². The first-order valence-electron chi connectivity index (χ1n) is 11.7. The number of hydrogen-bond acceptors (Lipinski definition) is 3. The number of carbonyl (C=O) groups excluding carboxylic acids is 2. The van der Waals surface area contributed by atoms with Gasteiger partial charge in [0.05, 0.1) is 22.3 Å². The summed E-state index contributed by atoms with van der Waals surface area (Å²) in [6.45, 7) is -1.09. The number of hydrogen-bond donors (Lipinski definition) is 3. The normalized spacial score (nSPS) is 15.1. The second kappa shape index (κ2) is 9.39. The zero-order valence-corrected chi connectivity index (χ0v) is 20.3. The van der Waals surface area contributed by atoms with Crippen molar-refractivity contribution in [3.8, 4) is 0 Å². The highest BCUT2D eigenvalue weighted by Crippen LogP contribution is 2.47. The van der Waals surface area contributed by atoms with Gasteiger partial charge >= 0.3 is 18.5 Å². The summed E-state index contributed by atoms with van der Waals surface area (Å²) < 4.78 is 126. The Bertz CT molecular complexity index is 1760. The highest BCUT2D eigenvalue weighted by Gasteiger charge is 2.45. The molecule has 5 rings (SSSR count). The topological polar surface area (TPSA) is 87.1 Å². The first kappa shape index (κ1) is 28.3. The number of benzene rings is 2. The minimum absolute atomic E-state index is 0.0489. The van der Waals surface area contributed by atoms with Crippen LogP contribution >= 0.6 is 0 Å². The van der Waals surface area contributed by atoms with Crippen molar-refractivity contribution in [1.29, 1.82) is 0 Å². The second-order valence-electron chi connectivity index (χ2n) is 9.17. The lowest BCUT2D eigenvalue weighted by Gasteiger charge is -2.15. The zero-order chi connectivity index (χ0) is 30.1. The Morgan fingerprint density at radius 2 is 1.34 bits per heavy atom. The van der Waals surface area contributed by atoms with Crippen LogP contribution in [-0.2, 0) is 34.7 Å². The Kier molecular flexibility index (Phi) is 6.48. The van der Waals surface area contributed by atoms with E-state index in [-0.39, 0.29) is 28.4 Å². The SMILES string of the molecule is O=C1NC(=O)C(c2c(C(F)(F)F)n(CCCO)c3ccc(C(F)(F)F)cc23)=C1c1c[nH]c2ccc(C(F)(F)F)cc12. The van der Waals surface area contributed by atoms with Gasteiger partial charge in [-0.2, -0.15) is 39.5 Å². The van der Waals surface area contributed by atoms with Crippen molar-refractivity contribution < 1.29 is 54.2 Å². The molecular formula is C26H16F9N3O3. The Balaban J connectivity index is 1.93. The lowest BCUT2D eigenvalue weighted by molar-refractivity contribution is -0.143. The van der Waals surface area contributed by atoms with Crippen LogP contribution in [0.3, 0.4) is 0 Å². The summed E-state index contributed by atoms with van der Waals surface area (Å²) >= 11 is 0. The molecule has 0 unspecified atom stereocenters. The van der Waals surface area contributed by atoms with Gasteiger partial charge in [0.1, 0.15) is 5.69 Å². The Morgan fingerprint density at radius 3 is 1.93 bits per heavy atom. The number of carbonyl (C=O) groups is 2. The molecule has 0 atom stereocenters. The smallest absolute Gasteiger partial charge is 0.396 e. The number of H-pyrrole nitrogens is 1. The average molecular weight is 589 g/mol. The Labute approximate surface area is 223 Å². The van der Waals surface area contributed by atoms with E-state index in [1.54, 1.807) is 0 Å². The maximum Gasteiger partial charge on any atom is 0.432 e. The first-order chi connectivity index (χ1) is 19.0. The predicted octanol–water partition coefficient (Wildman–Crippen LogP) is 6.13. The van der Waals surface area contributed by atoms with Gasteiger partial charge in [0.2, 0.25) is 0 Å². The molecule has 6 nitrogen and oxygen atoms in total. The van der Waals surface area contributed by atoms with Gasteiger partial charge in [0.25, 0.3) is 11.8 Å². The number of rotatable bonds is 5. The average Bonchev–Trinajstić information content (AvgIpc) is 3.51. The van der Waals surface area contributed by atoms with Crippen LogP contribution < -0.4 is 5.32 Å². The van der Waals surface area contributed by atoms with Gasteiger partial charge in [-0.3, -0.25) is 14.9 Å². The molecule has 1 aliphatic rings. The van der Waals surface area contributed by atoms with Crippen molar-refractivity contribution in [2.75, 3.05) is 6.61 Å². The molecule has 0 bridgehead atoms. The first-order valence-corrected chi connectivity index (χ1v) is 11.7. The van der Waals surface area contributed by atoms with Crippen LogP contribution in [0.25, 0.3) is 33.0 Å². The molecule has 15 heteroatoms. The third-order valence-corrected chi connectivity index (χ3v) is 6.66. The molecule has 0 saturated heterocycles. The molecule has 4 aromatic rings. The molecule has 0 spiro atoms. The van der Waals surface area contributed by atoms with Crippen molar-refractivity contribution in [1.82, 2.24) is 14.9 Å². The number of aliphatic hydroxyl groups is 1. The van der Waals surface area contributed by atoms with Crippen LogP contribution in [0.1, 0.15) is 34.4 Å². The molecule has 41 heavy (non-hydrogen) atoms. The number of alkyl halides is 9. The van der Waals surface area contributed by atoms with Crippen LogP contribution in [0.2, 0.25) is 0 Å². The van der Waals surface area contributed by atoms with Crippen LogP contribution in [-0.4, -0.2) is 33.1 Å². The molecule has 2 aromatic carbocycles. The minimum Gasteiger partial charge on any atom is -0.396 e. The van der Waals surface area contributed by atoms with Gasteiger partial charge in [-0.05, 0) is 42.8 Å². The molecule has 0 fully saturated rings. The molecule has 3 N–H and O–H groups in total. The lowest BCUT2D eigenvalue weighted by atomic mass is 9.93. The predicted molar refractivity (Wildman–Crippen MR) is 127 cm³/mol. The third-order valence-electron chi connectivity index (χ3n) is 6.66. The van der Waals surface area contributed by atoms with Crippen molar-refractivity contribution in [3.63, 3.8) is 0 Å². The molecule has 0 aliphatic carbocycles. The largest absolute Gasteiger partial charge is 0.432 e. The Morgan fingerprint density at radius 1 is 0.756 bits per heavy atom. The lowest BCUT2D eigenvalue weighted by Crippen LogP contribution is -2.23. The summed E-state index contributed by atoms with van der Waals surface area (Å²) in [5.41, 5.74) is -7.47. The van der Waals surface area contributed by atoms with Gasteiger partial charge in [0.15, 0.2) is 0 Å². The number of nitrogens with zero attached hydrogens (tertiary/aromatic N) is 1. The number of fused-ring (bicyclic) bond motifs is 2. The van der Waals surface area contributed by atoms with E-state index >= 15 is 0 Å². The van der Waals surface area contributed by atoms with E-state index in [1.807, 2.05) is 5.32 Å². The maximum absolute atomic E-state index is 14.6. The van der Waals surface area contributed by atoms with E-state index < -0.39 is 82.4 Å². The highest BCUT2D eigenvalue weighted by molar-refractivity contribution is 6.51. The molecule has 216 valence electrons. The summed E-state index contributed by atoms with van der Waals surface area (Å²) in [5.74, 6) is -2.63. The van der Waals surface area contributed by atoms with Crippen molar-refractivity contribution in [2.24, 2.45) is 0 Å². The number of amides is 2. The van der Waals surface area contributed by atoms with Crippen LogP contribution in [0.15, 0.2) is 42.6 Å². The molecular weight excluding hydrogens is 573 g/mol. The number of aliphatic hydroxyl groups excluding tert-OH is 1. The fourth-order valence-corrected chi connectivity index (χ4v) is 4.99. The minimum atomic E-state index is -5.28. The molecule has 3 heterocycles. The number of halogens is 9. The summed E-state index contributed by atoms with van der Waals surface area (Å²) in [6.07, 6.45) is -14.3. The fraction of sp³-hybridized carbons (Fsp3) is 0.231. The van der Waals surface area contributed by atoms with E-state index in [2.05, 4.69) is 4.98 Å². The van der Waals surface area contributed by atoms with Gasteiger partial charge in [-0.15, -0.1) is 0 Å². The third kappa shape index (κ3) is 4.73. The second-order valence-corrected chi connectivity index (χ2v) is 9.17. The monoisotopic (exact) mass is 589 g/mol. The molecule has 2 amide bonds. The van der Waals surface area contributed by atoms with E-state index in [0.29, 0.717) is 22.8 Å². The van der Waals surface area contributed by atoms with E-state index in [0.717, 1.165) is 24.4 Å². The number of aromatic amines is 1. The van der Waals surface area contributed by atoms with Crippen molar-refractivity contribution in [3.05, 3.63) is 70.5 Å². The van der Waals surface area contributed by atoms with Gasteiger partial charge < -0.3 is 14.7 Å². The fourth-order valence-electron chi connectivity index (χ4n) is 4.99. The number of imide groups is 1. The van der Waals surface area contributed by atoms with Crippen molar-refractivity contribution in [2.45, 2.75) is 31.5 Å². The summed E-state index contributed by atoms with van der Waals surface area (Å²) in [5, 5.41) is 10.1. The number of aryl methyl sites for hydroxylation is 1. The Hall–Kier alpha value is -4.27. The van der Waals surface area contributed by atoms with E-state index in [1.165, 1.54) is 0 Å². The number of nitrogens with one attached hydrogen (secondary N) is 2.